The van der Waals surface area contributed by atoms with Crippen LogP contribution in [0.4, 0.5) is 10.1 Å². The van der Waals surface area contributed by atoms with Crippen molar-refractivity contribution in [3.63, 3.8) is 0 Å². The number of rotatable bonds is 5. The third-order valence-electron chi connectivity index (χ3n) is 3.29. The highest BCUT2D eigenvalue weighted by molar-refractivity contribution is 5.84. The second-order valence-corrected chi connectivity index (χ2v) is 5.56. The molecule has 0 bridgehead atoms. The lowest BCUT2D eigenvalue weighted by molar-refractivity contribution is -0.123. The molecule has 0 aliphatic carbocycles. The average molecular weight is 266 g/mol. The van der Waals surface area contributed by atoms with Gasteiger partial charge in [-0.25, -0.2) is 4.39 Å². The fraction of sp³-hybridized carbons (Fsp3) is 0.533. The van der Waals surface area contributed by atoms with Crippen molar-refractivity contribution in [2.24, 2.45) is 0 Å². The maximum absolute atomic E-state index is 13.4. The first-order valence-electron chi connectivity index (χ1n) is 6.60. The van der Waals surface area contributed by atoms with Crippen LogP contribution in [0.3, 0.4) is 0 Å². The zero-order chi connectivity index (χ0) is 14.6. The molecule has 1 amide bonds. The molecule has 0 saturated carbocycles. The van der Waals surface area contributed by atoms with E-state index in [0.29, 0.717) is 11.3 Å². The molecule has 1 atom stereocenters. The third-order valence-corrected chi connectivity index (χ3v) is 3.29. The van der Waals surface area contributed by atoms with E-state index < -0.39 is 6.04 Å². The lowest BCUT2D eigenvalue weighted by Crippen LogP contribution is -2.48. The minimum atomic E-state index is -0.409. The molecular formula is C15H23FN2O. The summed E-state index contributed by atoms with van der Waals surface area (Å²) in [5, 5.41) is 5.96. The van der Waals surface area contributed by atoms with Gasteiger partial charge in [-0.15, -0.1) is 0 Å². The summed E-state index contributed by atoms with van der Waals surface area (Å²) in [5.74, 6) is -0.362. The SMILES string of the molecule is CCC(C)(C)NC(=O)C(C)Nc1ccc(C)c(F)c1. The van der Waals surface area contributed by atoms with Crippen molar-refractivity contribution in [2.45, 2.75) is 52.6 Å². The van der Waals surface area contributed by atoms with E-state index in [2.05, 4.69) is 10.6 Å². The van der Waals surface area contributed by atoms with Gasteiger partial charge >= 0.3 is 0 Å². The first-order valence-corrected chi connectivity index (χ1v) is 6.60. The fourth-order valence-corrected chi connectivity index (χ4v) is 1.53. The van der Waals surface area contributed by atoms with Crippen molar-refractivity contribution in [1.29, 1.82) is 0 Å². The molecule has 0 aromatic heterocycles. The van der Waals surface area contributed by atoms with E-state index in [-0.39, 0.29) is 17.3 Å². The van der Waals surface area contributed by atoms with Crippen LogP contribution in [0.15, 0.2) is 18.2 Å². The predicted molar refractivity (Wildman–Crippen MR) is 76.7 cm³/mol. The Labute approximate surface area is 114 Å². The summed E-state index contributed by atoms with van der Waals surface area (Å²) in [6, 6.07) is 4.46. The minimum Gasteiger partial charge on any atom is -0.374 e. The van der Waals surface area contributed by atoms with E-state index in [1.54, 1.807) is 26.0 Å². The molecule has 0 fully saturated rings. The van der Waals surface area contributed by atoms with Crippen molar-refractivity contribution >= 4 is 11.6 Å². The van der Waals surface area contributed by atoms with Gasteiger partial charge in [0.05, 0.1) is 0 Å². The maximum Gasteiger partial charge on any atom is 0.242 e. The number of nitrogens with one attached hydrogen (secondary N) is 2. The summed E-state index contributed by atoms with van der Waals surface area (Å²) >= 11 is 0. The van der Waals surface area contributed by atoms with E-state index in [9.17, 15) is 9.18 Å². The minimum absolute atomic E-state index is 0.0900. The number of benzene rings is 1. The molecule has 1 rings (SSSR count). The van der Waals surface area contributed by atoms with Crippen LogP contribution in [0.2, 0.25) is 0 Å². The van der Waals surface area contributed by atoms with Crippen LogP contribution in [0.5, 0.6) is 0 Å². The standard InChI is InChI=1S/C15H23FN2O/c1-6-15(4,5)18-14(19)11(3)17-12-8-7-10(2)13(16)9-12/h7-9,11,17H,6H2,1-5H3,(H,18,19). The normalized spacial score (nSPS) is 12.9. The molecule has 0 spiro atoms. The molecule has 1 aromatic rings. The highest BCUT2D eigenvalue weighted by Gasteiger charge is 2.21. The molecule has 0 heterocycles. The molecule has 106 valence electrons. The number of hydrogen-bond acceptors (Lipinski definition) is 2. The quantitative estimate of drug-likeness (QED) is 0.859. The summed E-state index contributed by atoms with van der Waals surface area (Å²) in [6.45, 7) is 9.44. The number of anilines is 1. The van der Waals surface area contributed by atoms with Crippen LogP contribution in [-0.2, 0) is 4.79 Å². The average Bonchev–Trinajstić information content (AvgIpc) is 2.33. The van der Waals surface area contributed by atoms with Gasteiger partial charge in [0.2, 0.25) is 5.91 Å². The Hall–Kier alpha value is -1.58. The van der Waals surface area contributed by atoms with Crippen LogP contribution in [0.25, 0.3) is 0 Å². The smallest absolute Gasteiger partial charge is 0.242 e. The Morgan fingerprint density at radius 1 is 1.42 bits per heavy atom. The Balaban J connectivity index is 2.66. The van der Waals surface area contributed by atoms with Crippen LogP contribution >= 0.6 is 0 Å². The predicted octanol–water partition coefficient (Wildman–Crippen LogP) is 3.24. The number of amides is 1. The lowest BCUT2D eigenvalue weighted by atomic mass is 10.0. The van der Waals surface area contributed by atoms with E-state index in [4.69, 9.17) is 0 Å². The van der Waals surface area contributed by atoms with Gasteiger partial charge in [0.15, 0.2) is 0 Å². The zero-order valence-corrected chi connectivity index (χ0v) is 12.3. The molecule has 1 aromatic carbocycles. The molecule has 0 aliphatic rings. The van der Waals surface area contributed by atoms with Gasteiger partial charge < -0.3 is 10.6 Å². The van der Waals surface area contributed by atoms with Gasteiger partial charge in [-0.1, -0.05) is 13.0 Å². The summed E-state index contributed by atoms with van der Waals surface area (Å²) < 4.78 is 13.4. The Kier molecular flexibility index (Phi) is 4.92. The Morgan fingerprint density at radius 3 is 2.58 bits per heavy atom. The van der Waals surface area contributed by atoms with E-state index in [0.717, 1.165) is 6.42 Å². The fourth-order valence-electron chi connectivity index (χ4n) is 1.53. The van der Waals surface area contributed by atoms with E-state index in [1.165, 1.54) is 6.07 Å². The molecule has 1 unspecified atom stereocenters. The first kappa shape index (κ1) is 15.5. The number of hydrogen-bond donors (Lipinski definition) is 2. The number of halogens is 1. The van der Waals surface area contributed by atoms with Gasteiger partial charge in [-0.05, 0) is 51.8 Å². The monoisotopic (exact) mass is 266 g/mol. The molecule has 19 heavy (non-hydrogen) atoms. The highest BCUT2D eigenvalue weighted by Crippen LogP contribution is 2.15. The largest absolute Gasteiger partial charge is 0.374 e. The van der Waals surface area contributed by atoms with Gasteiger partial charge in [0.25, 0.3) is 0 Å². The van der Waals surface area contributed by atoms with Crippen LogP contribution in [-0.4, -0.2) is 17.5 Å². The van der Waals surface area contributed by atoms with Gasteiger partial charge in [0.1, 0.15) is 11.9 Å². The third kappa shape index (κ3) is 4.54. The van der Waals surface area contributed by atoms with Crippen molar-refractivity contribution in [1.82, 2.24) is 5.32 Å². The van der Waals surface area contributed by atoms with Crippen LogP contribution in [0, 0.1) is 12.7 Å². The van der Waals surface area contributed by atoms with Crippen LogP contribution in [0.1, 0.15) is 39.7 Å². The highest BCUT2D eigenvalue weighted by atomic mass is 19.1. The van der Waals surface area contributed by atoms with Crippen LogP contribution < -0.4 is 10.6 Å². The molecule has 2 N–H and O–H groups in total. The van der Waals surface area contributed by atoms with Crippen molar-refractivity contribution < 1.29 is 9.18 Å². The maximum atomic E-state index is 13.4. The molecule has 0 aliphatic heterocycles. The van der Waals surface area contributed by atoms with Gasteiger partial charge in [-0.3, -0.25) is 4.79 Å². The van der Waals surface area contributed by atoms with E-state index in [1.807, 2.05) is 20.8 Å². The van der Waals surface area contributed by atoms with Gasteiger partial charge in [-0.2, -0.15) is 0 Å². The Morgan fingerprint density at radius 2 is 2.05 bits per heavy atom. The molecule has 3 nitrogen and oxygen atoms in total. The summed E-state index contributed by atoms with van der Waals surface area (Å²) in [7, 11) is 0. The number of carbonyl (C=O) groups is 1. The number of aryl methyl sites for hydroxylation is 1. The van der Waals surface area contributed by atoms with Crippen molar-refractivity contribution in [2.75, 3.05) is 5.32 Å². The molecule has 4 heteroatoms. The second-order valence-electron chi connectivity index (χ2n) is 5.56. The summed E-state index contributed by atoms with van der Waals surface area (Å²) in [5.41, 5.74) is 0.973. The lowest BCUT2D eigenvalue weighted by Gasteiger charge is -2.27. The topological polar surface area (TPSA) is 41.1 Å². The van der Waals surface area contributed by atoms with Crippen molar-refractivity contribution in [3.8, 4) is 0 Å². The molecule has 0 radical (unpaired) electrons. The summed E-state index contributed by atoms with van der Waals surface area (Å²) in [4.78, 5) is 12.0. The summed E-state index contributed by atoms with van der Waals surface area (Å²) in [6.07, 6.45) is 0.852. The zero-order valence-electron chi connectivity index (χ0n) is 12.3. The molecular weight excluding hydrogens is 243 g/mol. The Bertz CT molecular complexity index is 457. The van der Waals surface area contributed by atoms with Gasteiger partial charge in [0, 0.05) is 11.2 Å². The van der Waals surface area contributed by atoms with Crippen molar-refractivity contribution in [3.05, 3.63) is 29.6 Å². The number of carbonyl (C=O) groups excluding carboxylic acids is 1. The van der Waals surface area contributed by atoms with E-state index >= 15 is 0 Å². The second kappa shape index (κ2) is 6.04. The molecule has 0 saturated heterocycles. The first-order chi connectivity index (χ1) is 8.75.